The van der Waals surface area contributed by atoms with Gasteiger partial charge >= 0.3 is 6.03 Å². The second-order valence-corrected chi connectivity index (χ2v) is 5.60. The van der Waals surface area contributed by atoms with Crippen molar-refractivity contribution >= 4 is 11.7 Å². The maximum Gasteiger partial charge on any atom is 0.322 e. The summed E-state index contributed by atoms with van der Waals surface area (Å²) in [5, 5.41) is 2.99. The zero-order valence-corrected chi connectivity index (χ0v) is 12.4. The average molecular weight is 284 g/mol. The Bertz CT molecular complexity index is 634. The molecule has 1 aromatic carbocycles. The Morgan fingerprint density at radius 2 is 2.14 bits per heavy atom. The lowest BCUT2D eigenvalue weighted by Crippen LogP contribution is -2.34. The number of rotatable bonds is 2. The van der Waals surface area contributed by atoms with Crippen molar-refractivity contribution in [3.63, 3.8) is 0 Å². The molecule has 2 heterocycles. The number of benzene rings is 1. The van der Waals surface area contributed by atoms with Crippen LogP contribution >= 0.6 is 0 Å². The van der Waals surface area contributed by atoms with E-state index in [-0.39, 0.29) is 12.1 Å². The van der Waals surface area contributed by atoms with Crippen LogP contribution in [0.5, 0.6) is 0 Å². The number of hydrogen-bond donors (Lipinski definition) is 1. The number of aryl methyl sites for hydroxylation is 2. The summed E-state index contributed by atoms with van der Waals surface area (Å²) in [5.74, 6) is 0.864. The van der Waals surface area contributed by atoms with Gasteiger partial charge in [-0.1, -0.05) is 6.07 Å². The Hall–Kier alpha value is -2.23. The lowest BCUT2D eigenvalue weighted by atomic mass is 10.1. The van der Waals surface area contributed by atoms with Gasteiger partial charge in [-0.2, -0.15) is 0 Å². The van der Waals surface area contributed by atoms with Gasteiger partial charge in [-0.25, -0.2) is 4.79 Å². The van der Waals surface area contributed by atoms with E-state index in [9.17, 15) is 4.79 Å². The van der Waals surface area contributed by atoms with Gasteiger partial charge in [-0.3, -0.25) is 0 Å². The van der Waals surface area contributed by atoms with Crippen molar-refractivity contribution in [2.45, 2.75) is 32.7 Å². The van der Waals surface area contributed by atoms with Crippen LogP contribution in [0.1, 0.15) is 35.8 Å². The smallest absolute Gasteiger partial charge is 0.322 e. The monoisotopic (exact) mass is 284 g/mol. The van der Waals surface area contributed by atoms with E-state index in [1.807, 2.05) is 42.2 Å². The molecule has 1 atom stereocenters. The number of urea groups is 1. The molecule has 2 aromatic rings. The van der Waals surface area contributed by atoms with Crippen LogP contribution in [-0.2, 0) is 0 Å². The molecule has 1 aliphatic heterocycles. The molecule has 1 N–H and O–H groups in total. The Morgan fingerprint density at radius 3 is 2.86 bits per heavy atom. The Kier molecular flexibility index (Phi) is 3.69. The molecule has 1 saturated heterocycles. The summed E-state index contributed by atoms with van der Waals surface area (Å²) in [7, 11) is 0. The Balaban J connectivity index is 1.73. The van der Waals surface area contributed by atoms with E-state index in [4.69, 9.17) is 4.42 Å². The zero-order chi connectivity index (χ0) is 14.8. The fraction of sp³-hybridized carbons (Fsp3) is 0.353. The summed E-state index contributed by atoms with van der Waals surface area (Å²) >= 11 is 0. The van der Waals surface area contributed by atoms with Crippen molar-refractivity contribution in [1.82, 2.24) is 4.90 Å². The van der Waals surface area contributed by atoms with Gasteiger partial charge in [0.2, 0.25) is 0 Å². The molecular formula is C17H20N2O2. The molecule has 1 fully saturated rings. The first kappa shape index (κ1) is 13.7. The molecule has 4 nitrogen and oxygen atoms in total. The van der Waals surface area contributed by atoms with Crippen LogP contribution in [0.25, 0.3) is 0 Å². The van der Waals surface area contributed by atoms with Crippen molar-refractivity contribution in [2.24, 2.45) is 0 Å². The molecule has 0 bridgehead atoms. The third-order valence-electron chi connectivity index (χ3n) is 4.14. The van der Waals surface area contributed by atoms with Gasteiger partial charge < -0.3 is 14.6 Å². The quantitative estimate of drug-likeness (QED) is 0.895. The minimum Gasteiger partial charge on any atom is -0.467 e. The van der Waals surface area contributed by atoms with E-state index in [0.29, 0.717) is 0 Å². The standard InChI is InChI=1S/C17H20N2O2/c1-12-7-8-14(11-13(12)2)18-17(20)19-9-3-5-15(19)16-6-4-10-21-16/h4,6-8,10-11,15H,3,5,9H2,1-2H3,(H,18,20)/t15-/m0/s1. The van der Waals surface area contributed by atoms with Gasteiger partial charge in [0.05, 0.1) is 12.3 Å². The molecule has 1 aromatic heterocycles. The van der Waals surface area contributed by atoms with E-state index < -0.39 is 0 Å². The lowest BCUT2D eigenvalue weighted by molar-refractivity contribution is 0.200. The molecule has 0 spiro atoms. The number of carbonyl (C=O) groups excluding carboxylic acids is 1. The number of furan rings is 1. The number of anilines is 1. The Morgan fingerprint density at radius 1 is 1.29 bits per heavy atom. The fourth-order valence-corrected chi connectivity index (χ4v) is 2.80. The molecule has 110 valence electrons. The summed E-state index contributed by atoms with van der Waals surface area (Å²) in [6, 6.07) is 9.77. The summed E-state index contributed by atoms with van der Waals surface area (Å²) in [6.07, 6.45) is 3.62. The maximum absolute atomic E-state index is 12.5. The predicted molar refractivity (Wildman–Crippen MR) is 82.3 cm³/mol. The average Bonchev–Trinajstić information content (AvgIpc) is 3.12. The minimum atomic E-state index is -0.0582. The van der Waals surface area contributed by atoms with E-state index in [2.05, 4.69) is 12.2 Å². The van der Waals surface area contributed by atoms with Crippen LogP contribution in [-0.4, -0.2) is 17.5 Å². The Labute approximate surface area is 124 Å². The first-order chi connectivity index (χ1) is 10.1. The second kappa shape index (κ2) is 5.64. The van der Waals surface area contributed by atoms with Crippen LogP contribution in [0.15, 0.2) is 41.0 Å². The van der Waals surface area contributed by atoms with Crippen LogP contribution in [0.4, 0.5) is 10.5 Å². The van der Waals surface area contributed by atoms with Gasteiger partial charge in [0.1, 0.15) is 5.76 Å². The predicted octanol–water partition coefficient (Wildman–Crippen LogP) is 4.27. The van der Waals surface area contributed by atoms with Crippen LogP contribution in [0, 0.1) is 13.8 Å². The number of hydrogen-bond acceptors (Lipinski definition) is 2. The molecular weight excluding hydrogens is 264 g/mol. The van der Waals surface area contributed by atoms with E-state index in [1.165, 1.54) is 11.1 Å². The first-order valence-electron chi connectivity index (χ1n) is 7.33. The molecule has 2 amide bonds. The second-order valence-electron chi connectivity index (χ2n) is 5.60. The van der Waals surface area contributed by atoms with Crippen LogP contribution < -0.4 is 5.32 Å². The molecule has 21 heavy (non-hydrogen) atoms. The number of nitrogens with zero attached hydrogens (tertiary/aromatic N) is 1. The fourth-order valence-electron chi connectivity index (χ4n) is 2.80. The largest absolute Gasteiger partial charge is 0.467 e. The van der Waals surface area contributed by atoms with Crippen molar-refractivity contribution in [3.8, 4) is 0 Å². The molecule has 1 aliphatic rings. The van der Waals surface area contributed by atoms with E-state index in [1.54, 1.807) is 6.26 Å². The third kappa shape index (κ3) is 2.79. The maximum atomic E-state index is 12.5. The molecule has 0 aliphatic carbocycles. The van der Waals surface area contributed by atoms with E-state index in [0.717, 1.165) is 30.8 Å². The number of carbonyl (C=O) groups is 1. The minimum absolute atomic E-state index is 0.0477. The van der Waals surface area contributed by atoms with Crippen LogP contribution in [0.3, 0.4) is 0 Å². The zero-order valence-electron chi connectivity index (χ0n) is 12.4. The highest BCUT2D eigenvalue weighted by Crippen LogP contribution is 2.32. The topological polar surface area (TPSA) is 45.5 Å². The van der Waals surface area contributed by atoms with E-state index >= 15 is 0 Å². The van der Waals surface area contributed by atoms with Crippen molar-refractivity contribution in [3.05, 3.63) is 53.5 Å². The molecule has 3 rings (SSSR count). The van der Waals surface area contributed by atoms with Gasteiger partial charge in [-0.05, 0) is 62.1 Å². The molecule has 0 unspecified atom stereocenters. The normalized spacial score (nSPS) is 18.0. The highest BCUT2D eigenvalue weighted by molar-refractivity contribution is 5.89. The SMILES string of the molecule is Cc1ccc(NC(=O)N2CCC[C@H]2c2ccco2)cc1C. The number of likely N-dealkylation sites (tertiary alicyclic amines) is 1. The summed E-state index contributed by atoms with van der Waals surface area (Å²) in [5.41, 5.74) is 3.24. The van der Waals surface area contributed by atoms with Crippen molar-refractivity contribution < 1.29 is 9.21 Å². The van der Waals surface area contributed by atoms with Gasteiger partial charge in [-0.15, -0.1) is 0 Å². The first-order valence-corrected chi connectivity index (χ1v) is 7.33. The molecule has 0 saturated carbocycles. The van der Waals surface area contributed by atoms with Crippen molar-refractivity contribution in [1.29, 1.82) is 0 Å². The highest BCUT2D eigenvalue weighted by Gasteiger charge is 2.31. The summed E-state index contributed by atoms with van der Waals surface area (Å²) < 4.78 is 5.46. The molecule has 4 heteroatoms. The lowest BCUT2D eigenvalue weighted by Gasteiger charge is -2.23. The summed E-state index contributed by atoms with van der Waals surface area (Å²) in [4.78, 5) is 14.3. The number of amides is 2. The highest BCUT2D eigenvalue weighted by atomic mass is 16.3. The summed E-state index contributed by atoms with van der Waals surface area (Å²) in [6.45, 7) is 4.88. The van der Waals surface area contributed by atoms with Gasteiger partial charge in [0.15, 0.2) is 0 Å². The molecule has 0 radical (unpaired) electrons. The van der Waals surface area contributed by atoms with Crippen molar-refractivity contribution in [2.75, 3.05) is 11.9 Å². The van der Waals surface area contributed by atoms with Gasteiger partial charge in [0, 0.05) is 12.2 Å². The number of nitrogens with one attached hydrogen (secondary N) is 1. The third-order valence-corrected chi connectivity index (χ3v) is 4.14. The van der Waals surface area contributed by atoms with Gasteiger partial charge in [0.25, 0.3) is 0 Å². The van der Waals surface area contributed by atoms with Crippen LogP contribution in [0.2, 0.25) is 0 Å².